The molecule has 1 heterocycles. The van der Waals surface area contributed by atoms with Gasteiger partial charge in [0.15, 0.2) is 0 Å². The third-order valence-electron chi connectivity index (χ3n) is 3.58. The fraction of sp³-hybridized carbons (Fsp3) is 0.533. The molecule has 1 aliphatic rings. The Hall–Kier alpha value is -1.55. The van der Waals surface area contributed by atoms with Gasteiger partial charge < -0.3 is 15.2 Å². The van der Waals surface area contributed by atoms with E-state index in [0.717, 1.165) is 37.2 Å². The second-order valence-electron chi connectivity index (χ2n) is 5.34. The van der Waals surface area contributed by atoms with E-state index in [4.69, 9.17) is 9.84 Å². The summed E-state index contributed by atoms with van der Waals surface area (Å²) in [6.07, 6.45) is 2.75. The van der Waals surface area contributed by atoms with Crippen LogP contribution in [0, 0.1) is 0 Å². The van der Waals surface area contributed by atoms with Crippen molar-refractivity contribution in [3.05, 3.63) is 29.8 Å². The van der Waals surface area contributed by atoms with E-state index in [1.54, 1.807) is 0 Å². The second-order valence-corrected chi connectivity index (χ2v) is 5.34. The lowest BCUT2D eigenvalue weighted by atomic mass is 9.94. The maximum Gasteiger partial charge on any atom is 0.303 e. The molecule has 0 radical (unpaired) electrons. The first kappa shape index (κ1) is 13.9. The van der Waals surface area contributed by atoms with Crippen LogP contribution in [0.5, 0.6) is 5.75 Å². The summed E-state index contributed by atoms with van der Waals surface area (Å²) in [5.41, 5.74) is 0.943. The van der Waals surface area contributed by atoms with Gasteiger partial charge in [-0.1, -0.05) is 12.1 Å². The highest BCUT2D eigenvalue weighted by molar-refractivity contribution is 5.67. The average Bonchev–Trinajstić information content (AvgIpc) is 2.38. The van der Waals surface area contributed by atoms with Gasteiger partial charge in [0, 0.05) is 6.42 Å². The van der Waals surface area contributed by atoms with E-state index in [9.17, 15) is 4.79 Å². The molecule has 0 amide bonds. The van der Waals surface area contributed by atoms with Crippen molar-refractivity contribution in [2.24, 2.45) is 0 Å². The summed E-state index contributed by atoms with van der Waals surface area (Å²) in [5.74, 6) is 0.103. The second kappa shape index (κ2) is 6.06. The van der Waals surface area contributed by atoms with Crippen LogP contribution in [0.25, 0.3) is 0 Å². The lowest BCUT2D eigenvalue weighted by molar-refractivity contribution is -0.136. The molecule has 1 saturated heterocycles. The van der Waals surface area contributed by atoms with Gasteiger partial charge in [-0.15, -0.1) is 0 Å². The molecule has 1 fully saturated rings. The van der Waals surface area contributed by atoms with Gasteiger partial charge >= 0.3 is 5.97 Å². The van der Waals surface area contributed by atoms with Crippen molar-refractivity contribution in [1.82, 2.24) is 5.32 Å². The third kappa shape index (κ3) is 4.24. The maximum atomic E-state index is 10.5. The number of aryl methyl sites for hydroxylation is 1. The van der Waals surface area contributed by atoms with E-state index in [-0.39, 0.29) is 12.0 Å². The largest absolute Gasteiger partial charge is 0.487 e. The number of carboxylic acid groups (broad SMARTS) is 1. The molecule has 1 aliphatic heterocycles. The fourth-order valence-electron chi connectivity index (χ4n) is 2.32. The Bertz CT molecular complexity index is 422. The summed E-state index contributed by atoms with van der Waals surface area (Å²) in [4.78, 5) is 10.5. The van der Waals surface area contributed by atoms with E-state index in [0.29, 0.717) is 6.42 Å². The van der Waals surface area contributed by atoms with Crippen LogP contribution < -0.4 is 10.1 Å². The lowest BCUT2D eigenvalue weighted by Crippen LogP contribution is -2.43. The van der Waals surface area contributed by atoms with Crippen molar-refractivity contribution in [2.45, 2.75) is 38.2 Å². The number of nitrogens with one attached hydrogen (secondary N) is 1. The zero-order valence-electron chi connectivity index (χ0n) is 11.3. The number of ether oxygens (including phenoxy) is 1. The van der Waals surface area contributed by atoms with E-state index < -0.39 is 5.97 Å². The molecule has 0 saturated carbocycles. The zero-order valence-corrected chi connectivity index (χ0v) is 11.3. The molecule has 1 aromatic rings. The van der Waals surface area contributed by atoms with Gasteiger partial charge in [-0.25, -0.2) is 0 Å². The summed E-state index contributed by atoms with van der Waals surface area (Å²) < 4.78 is 6.07. The highest BCUT2D eigenvalue weighted by atomic mass is 16.5. The molecule has 4 heteroatoms. The predicted octanol–water partition coefficient (Wildman–Crippen LogP) is 2.22. The first-order valence-electron chi connectivity index (χ1n) is 6.78. The minimum absolute atomic E-state index is 0.0895. The standard InChI is InChI=1S/C15H21NO3/c1-15(8-10-16-11-9-15)19-13-5-2-12(3-6-13)4-7-14(17)18/h2-3,5-6,16H,4,7-11H2,1H3,(H,17,18). The summed E-state index contributed by atoms with van der Waals surface area (Å²) in [5, 5.41) is 12.0. The van der Waals surface area contributed by atoms with E-state index in [1.165, 1.54) is 0 Å². The normalized spacial score (nSPS) is 17.9. The molecule has 2 rings (SSSR count). The highest BCUT2D eigenvalue weighted by Crippen LogP contribution is 2.26. The van der Waals surface area contributed by atoms with Gasteiger partial charge in [0.05, 0.1) is 0 Å². The molecule has 19 heavy (non-hydrogen) atoms. The highest BCUT2D eigenvalue weighted by Gasteiger charge is 2.28. The van der Waals surface area contributed by atoms with Gasteiger partial charge in [-0.3, -0.25) is 4.79 Å². The van der Waals surface area contributed by atoms with Crippen molar-refractivity contribution in [3.8, 4) is 5.75 Å². The molecule has 4 nitrogen and oxygen atoms in total. The van der Waals surface area contributed by atoms with Crippen molar-refractivity contribution >= 4 is 5.97 Å². The van der Waals surface area contributed by atoms with Crippen LogP contribution in [-0.2, 0) is 11.2 Å². The van der Waals surface area contributed by atoms with E-state index in [1.807, 2.05) is 24.3 Å². The van der Waals surface area contributed by atoms with Gasteiger partial charge in [-0.2, -0.15) is 0 Å². The van der Waals surface area contributed by atoms with Crippen molar-refractivity contribution in [1.29, 1.82) is 0 Å². The van der Waals surface area contributed by atoms with E-state index >= 15 is 0 Å². The number of piperidine rings is 1. The SMILES string of the molecule is CC1(Oc2ccc(CCC(=O)O)cc2)CCNCC1. The Morgan fingerprint density at radius 3 is 2.53 bits per heavy atom. The number of aliphatic carboxylic acids is 1. The van der Waals surface area contributed by atoms with Crippen LogP contribution in [0.1, 0.15) is 31.7 Å². The van der Waals surface area contributed by atoms with Crippen molar-refractivity contribution in [2.75, 3.05) is 13.1 Å². The maximum absolute atomic E-state index is 10.5. The number of carboxylic acids is 1. The van der Waals surface area contributed by atoms with Crippen LogP contribution >= 0.6 is 0 Å². The predicted molar refractivity (Wildman–Crippen MR) is 73.5 cm³/mol. The van der Waals surface area contributed by atoms with Crippen LogP contribution in [0.3, 0.4) is 0 Å². The summed E-state index contributed by atoms with van der Waals surface area (Å²) in [6, 6.07) is 7.76. The number of hydrogen-bond donors (Lipinski definition) is 2. The van der Waals surface area contributed by atoms with Crippen LogP contribution in [0.2, 0.25) is 0 Å². The Morgan fingerprint density at radius 1 is 1.32 bits per heavy atom. The molecule has 0 unspecified atom stereocenters. The molecule has 0 atom stereocenters. The summed E-state index contributed by atoms with van der Waals surface area (Å²) in [7, 11) is 0. The molecule has 2 N–H and O–H groups in total. The molecule has 1 aromatic carbocycles. The fourth-order valence-corrected chi connectivity index (χ4v) is 2.32. The molecule has 0 aliphatic carbocycles. The third-order valence-corrected chi connectivity index (χ3v) is 3.58. The Balaban J connectivity index is 1.92. The Kier molecular flexibility index (Phi) is 4.43. The smallest absolute Gasteiger partial charge is 0.303 e. The number of carbonyl (C=O) groups is 1. The Labute approximate surface area is 113 Å². The number of hydrogen-bond acceptors (Lipinski definition) is 3. The first-order chi connectivity index (χ1) is 9.07. The molecule has 0 bridgehead atoms. The topological polar surface area (TPSA) is 58.6 Å². The minimum atomic E-state index is -0.762. The minimum Gasteiger partial charge on any atom is -0.487 e. The number of benzene rings is 1. The first-order valence-corrected chi connectivity index (χ1v) is 6.78. The summed E-state index contributed by atoms with van der Waals surface area (Å²) in [6.45, 7) is 4.13. The van der Waals surface area contributed by atoms with Gasteiger partial charge in [0.2, 0.25) is 0 Å². The van der Waals surface area contributed by atoms with Gasteiger partial charge in [0.25, 0.3) is 0 Å². The lowest BCUT2D eigenvalue weighted by Gasteiger charge is -2.34. The van der Waals surface area contributed by atoms with Crippen molar-refractivity contribution in [3.63, 3.8) is 0 Å². The van der Waals surface area contributed by atoms with Crippen LogP contribution in [0.4, 0.5) is 0 Å². The van der Waals surface area contributed by atoms with Gasteiger partial charge in [-0.05, 0) is 57.0 Å². The molecule has 104 valence electrons. The molecular weight excluding hydrogens is 242 g/mol. The molecular formula is C15H21NO3. The number of rotatable bonds is 5. The Morgan fingerprint density at radius 2 is 1.95 bits per heavy atom. The molecule has 0 spiro atoms. The molecule has 0 aromatic heterocycles. The zero-order chi connectivity index (χ0) is 13.7. The average molecular weight is 263 g/mol. The van der Waals surface area contributed by atoms with Crippen LogP contribution in [-0.4, -0.2) is 29.8 Å². The summed E-state index contributed by atoms with van der Waals surface area (Å²) >= 11 is 0. The quantitative estimate of drug-likeness (QED) is 0.855. The van der Waals surface area contributed by atoms with E-state index in [2.05, 4.69) is 12.2 Å². The van der Waals surface area contributed by atoms with Crippen LogP contribution in [0.15, 0.2) is 24.3 Å². The monoisotopic (exact) mass is 263 g/mol. The van der Waals surface area contributed by atoms with Crippen molar-refractivity contribution < 1.29 is 14.6 Å². The van der Waals surface area contributed by atoms with Gasteiger partial charge in [0.1, 0.15) is 11.4 Å².